The lowest BCUT2D eigenvalue weighted by Gasteiger charge is -2.16. The van der Waals surface area contributed by atoms with Crippen molar-refractivity contribution in [3.8, 4) is 0 Å². The Morgan fingerprint density at radius 3 is 2.48 bits per heavy atom. The van der Waals surface area contributed by atoms with Crippen LogP contribution in [0.4, 0.5) is 5.69 Å². The first-order chi connectivity index (χ1) is 10.1. The molecule has 5 heteroatoms. The van der Waals surface area contributed by atoms with E-state index in [0.717, 1.165) is 36.5 Å². The Labute approximate surface area is 124 Å². The summed E-state index contributed by atoms with van der Waals surface area (Å²) < 4.78 is 5.71. The van der Waals surface area contributed by atoms with Crippen molar-refractivity contribution >= 4 is 5.69 Å². The van der Waals surface area contributed by atoms with E-state index in [0.29, 0.717) is 0 Å². The third-order valence-corrected chi connectivity index (χ3v) is 3.33. The summed E-state index contributed by atoms with van der Waals surface area (Å²) in [5.74, 6) is 1.79. The van der Waals surface area contributed by atoms with Gasteiger partial charge in [0.05, 0.1) is 11.0 Å². The van der Waals surface area contributed by atoms with Crippen molar-refractivity contribution in [2.75, 3.05) is 6.54 Å². The van der Waals surface area contributed by atoms with Crippen LogP contribution in [-0.2, 0) is 6.42 Å². The zero-order valence-electron chi connectivity index (χ0n) is 12.3. The molecule has 1 N–H and O–H groups in total. The zero-order chi connectivity index (χ0) is 15.2. The molecule has 0 spiro atoms. The summed E-state index contributed by atoms with van der Waals surface area (Å²) in [4.78, 5) is 10.3. The first-order valence-corrected chi connectivity index (χ1v) is 7.13. The molecule has 1 aromatic carbocycles. The van der Waals surface area contributed by atoms with Crippen LogP contribution in [0.5, 0.6) is 0 Å². The standard InChI is InChI=1S/C16H20N2O3/c1-3-10-17-15(16-9-4-12(2)21-16)11-13-5-7-14(8-6-13)18(19)20/h4-9,15,17H,3,10-11H2,1-2H3. The first-order valence-electron chi connectivity index (χ1n) is 7.13. The molecule has 0 bridgehead atoms. The second kappa shape index (κ2) is 7.04. The molecule has 0 aliphatic heterocycles. The van der Waals surface area contributed by atoms with Gasteiger partial charge in [-0.1, -0.05) is 19.1 Å². The molecule has 112 valence electrons. The molecule has 21 heavy (non-hydrogen) atoms. The zero-order valence-corrected chi connectivity index (χ0v) is 12.3. The Balaban J connectivity index is 2.12. The van der Waals surface area contributed by atoms with Gasteiger partial charge in [-0.2, -0.15) is 0 Å². The van der Waals surface area contributed by atoms with Gasteiger partial charge in [-0.3, -0.25) is 10.1 Å². The first kappa shape index (κ1) is 15.3. The number of rotatable bonds is 7. The largest absolute Gasteiger partial charge is 0.465 e. The molecule has 1 aromatic heterocycles. The van der Waals surface area contributed by atoms with Crippen molar-refractivity contribution in [2.24, 2.45) is 0 Å². The van der Waals surface area contributed by atoms with Crippen LogP contribution in [0.2, 0.25) is 0 Å². The average molecular weight is 288 g/mol. The van der Waals surface area contributed by atoms with Gasteiger partial charge in [0.15, 0.2) is 0 Å². The molecule has 1 atom stereocenters. The van der Waals surface area contributed by atoms with E-state index in [4.69, 9.17) is 4.42 Å². The molecular formula is C16H20N2O3. The van der Waals surface area contributed by atoms with Crippen LogP contribution in [0, 0.1) is 17.0 Å². The highest BCUT2D eigenvalue weighted by Crippen LogP contribution is 2.22. The van der Waals surface area contributed by atoms with E-state index >= 15 is 0 Å². The van der Waals surface area contributed by atoms with E-state index in [9.17, 15) is 10.1 Å². The molecule has 0 aliphatic carbocycles. The molecule has 0 aliphatic rings. The maximum atomic E-state index is 10.7. The van der Waals surface area contributed by atoms with Gasteiger partial charge in [-0.05, 0) is 44.0 Å². The molecule has 0 amide bonds. The van der Waals surface area contributed by atoms with Gasteiger partial charge in [-0.25, -0.2) is 0 Å². The van der Waals surface area contributed by atoms with Crippen LogP contribution < -0.4 is 5.32 Å². The minimum Gasteiger partial charge on any atom is -0.465 e. The Kier molecular flexibility index (Phi) is 5.11. The maximum Gasteiger partial charge on any atom is 0.269 e. The summed E-state index contributed by atoms with van der Waals surface area (Å²) in [5.41, 5.74) is 1.16. The Morgan fingerprint density at radius 2 is 1.95 bits per heavy atom. The summed E-state index contributed by atoms with van der Waals surface area (Å²) in [7, 11) is 0. The second-order valence-corrected chi connectivity index (χ2v) is 5.08. The topological polar surface area (TPSA) is 68.3 Å². The van der Waals surface area contributed by atoms with Crippen molar-refractivity contribution in [3.05, 3.63) is 63.6 Å². The average Bonchev–Trinajstić information content (AvgIpc) is 2.90. The molecule has 0 saturated carbocycles. The van der Waals surface area contributed by atoms with Crippen LogP contribution in [0.15, 0.2) is 40.8 Å². The van der Waals surface area contributed by atoms with Gasteiger partial charge in [0, 0.05) is 12.1 Å². The number of benzene rings is 1. The van der Waals surface area contributed by atoms with Gasteiger partial charge < -0.3 is 9.73 Å². The predicted molar refractivity (Wildman–Crippen MR) is 81.3 cm³/mol. The fourth-order valence-electron chi connectivity index (χ4n) is 2.22. The monoisotopic (exact) mass is 288 g/mol. The molecule has 1 heterocycles. The van der Waals surface area contributed by atoms with E-state index in [1.165, 1.54) is 0 Å². The summed E-state index contributed by atoms with van der Waals surface area (Å²) in [5, 5.41) is 14.1. The summed E-state index contributed by atoms with van der Waals surface area (Å²) in [6.45, 7) is 4.94. The summed E-state index contributed by atoms with van der Waals surface area (Å²) >= 11 is 0. The number of aryl methyl sites for hydroxylation is 1. The summed E-state index contributed by atoms with van der Waals surface area (Å²) in [6.07, 6.45) is 1.78. The Hall–Kier alpha value is -2.14. The normalized spacial score (nSPS) is 12.3. The minimum atomic E-state index is -0.382. The second-order valence-electron chi connectivity index (χ2n) is 5.08. The van der Waals surface area contributed by atoms with Crippen molar-refractivity contribution in [1.29, 1.82) is 0 Å². The fourth-order valence-corrected chi connectivity index (χ4v) is 2.22. The quantitative estimate of drug-likeness (QED) is 0.622. The predicted octanol–water partition coefficient (Wildman–Crippen LogP) is 3.78. The SMILES string of the molecule is CCCNC(Cc1ccc([N+](=O)[O-])cc1)c1ccc(C)o1. The number of nitrogens with zero attached hydrogens (tertiary/aromatic N) is 1. The highest BCUT2D eigenvalue weighted by atomic mass is 16.6. The van der Waals surface area contributed by atoms with E-state index < -0.39 is 0 Å². The summed E-state index contributed by atoms with van der Waals surface area (Å²) in [6, 6.07) is 10.7. The van der Waals surface area contributed by atoms with Crippen LogP contribution in [0.1, 0.15) is 36.5 Å². The number of nitrogens with one attached hydrogen (secondary N) is 1. The fraction of sp³-hybridized carbons (Fsp3) is 0.375. The lowest BCUT2D eigenvalue weighted by Crippen LogP contribution is -2.23. The maximum absolute atomic E-state index is 10.7. The molecule has 2 aromatic rings. The number of nitro benzene ring substituents is 1. The number of nitro groups is 1. The van der Waals surface area contributed by atoms with Crippen LogP contribution in [0.3, 0.4) is 0 Å². The van der Waals surface area contributed by atoms with Gasteiger partial charge in [0.2, 0.25) is 0 Å². The number of furan rings is 1. The van der Waals surface area contributed by atoms with E-state index in [-0.39, 0.29) is 16.7 Å². The molecular weight excluding hydrogens is 268 g/mol. The molecule has 5 nitrogen and oxygen atoms in total. The van der Waals surface area contributed by atoms with Crippen molar-refractivity contribution in [1.82, 2.24) is 5.32 Å². The van der Waals surface area contributed by atoms with Gasteiger partial charge in [0.1, 0.15) is 11.5 Å². The van der Waals surface area contributed by atoms with Gasteiger partial charge >= 0.3 is 0 Å². The van der Waals surface area contributed by atoms with E-state index in [1.807, 2.05) is 19.1 Å². The highest BCUT2D eigenvalue weighted by Gasteiger charge is 2.15. The Morgan fingerprint density at radius 1 is 1.24 bits per heavy atom. The Bertz CT molecular complexity index is 590. The highest BCUT2D eigenvalue weighted by molar-refractivity contribution is 5.33. The molecule has 0 radical (unpaired) electrons. The molecule has 0 fully saturated rings. The van der Waals surface area contributed by atoms with E-state index in [1.54, 1.807) is 24.3 Å². The van der Waals surface area contributed by atoms with Crippen molar-refractivity contribution in [2.45, 2.75) is 32.7 Å². The molecule has 1 unspecified atom stereocenters. The number of non-ortho nitro benzene ring substituents is 1. The number of hydrogen-bond donors (Lipinski definition) is 1. The minimum absolute atomic E-state index is 0.0834. The lowest BCUT2D eigenvalue weighted by molar-refractivity contribution is -0.384. The van der Waals surface area contributed by atoms with E-state index in [2.05, 4.69) is 12.2 Å². The molecule has 0 saturated heterocycles. The van der Waals surface area contributed by atoms with Crippen LogP contribution >= 0.6 is 0 Å². The van der Waals surface area contributed by atoms with Crippen LogP contribution in [0.25, 0.3) is 0 Å². The third kappa shape index (κ3) is 4.16. The van der Waals surface area contributed by atoms with Crippen molar-refractivity contribution in [3.63, 3.8) is 0 Å². The van der Waals surface area contributed by atoms with Gasteiger partial charge in [0.25, 0.3) is 5.69 Å². The van der Waals surface area contributed by atoms with Crippen molar-refractivity contribution < 1.29 is 9.34 Å². The lowest BCUT2D eigenvalue weighted by atomic mass is 10.0. The van der Waals surface area contributed by atoms with Crippen LogP contribution in [-0.4, -0.2) is 11.5 Å². The van der Waals surface area contributed by atoms with Gasteiger partial charge in [-0.15, -0.1) is 0 Å². The molecule has 2 rings (SSSR count). The third-order valence-electron chi connectivity index (χ3n) is 3.33. The number of hydrogen-bond acceptors (Lipinski definition) is 4. The smallest absolute Gasteiger partial charge is 0.269 e.